The monoisotopic (exact) mass is 286 g/mol. The molecule has 0 spiro atoms. The molecule has 0 aromatic carbocycles. The summed E-state index contributed by atoms with van der Waals surface area (Å²) in [4.78, 5) is 16.5. The van der Waals surface area contributed by atoms with Crippen LogP contribution in [0.4, 0.5) is 10.9 Å². The van der Waals surface area contributed by atoms with Gasteiger partial charge in [-0.15, -0.1) is 0 Å². The van der Waals surface area contributed by atoms with Crippen LogP contribution in [0.3, 0.4) is 0 Å². The standard InChI is InChI=1S/C12H22N4O2S/c1-12(2,5-4-6-17)7-15-10(18)8-9(13)16-11(14-3)19-8/h17H,4-7,13H2,1-3H3,(H,14,16)(H,15,18). The fourth-order valence-electron chi connectivity index (χ4n) is 1.65. The maximum atomic E-state index is 12.0. The molecule has 0 fully saturated rings. The number of nitrogens with zero attached hydrogens (tertiary/aromatic N) is 1. The molecule has 1 rings (SSSR count). The van der Waals surface area contributed by atoms with E-state index in [1.54, 1.807) is 7.05 Å². The highest BCUT2D eigenvalue weighted by Gasteiger charge is 2.21. The molecule has 1 heterocycles. The van der Waals surface area contributed by atoms with Crippen molar-refractivity contribution >= 4 is 28.2 Å². The first kappa shape index (κ1) is 15.7. The van der Waals surface area contributed by atoms with Crippen LogP contribution in [0, 0.1) is 5.41 Å². The maximum Gasteiger partial charge on any atom is 0.265 e. The lowest BCUT2D eigenvalue weighted by Crippen LogP contribution is -2.34. The molecule has 5 N–H and O–H groups in total. The normalized spacial score (nSPS) is 11.4. The van der Waals surface area contributed by atoms with E-state index in [2.05, 4.69) is 29.5 Å². The summed E-state index contributed by atoms with van der Waals surface area (Å²) in [6.45, 7) is 4.82. The number of hydrogen-bond donors (Lipinski definition) is 4. The minimum atomic E-state index is -0.200. The molecule has 108 valence electrons. The number of aromatic nitrogens is 1. The first-order chi connectivity index (χ1) is 8.89. The molecule has 0 saturated carbocycles. The second-order valence-electron chi connectivity index (χ2n) is 5.16. The van der Waals surface area contributed by atoms with Crippen LogP contribution in [-0.4, -0.2) is 36.2 Å². The summed E-state index contributed by atoms with van der Waals surface area (Å²) in [5.41, 5.74) is 5.65. The molecule has 0 unspecified atom stereocenters. The van der Waals surface area contributed by atoms with Crippen molar-refractivity contribution < 1.29 is 9.90 Å². The molecule has 19 heavy (non-hydrogen) atoms. The van der Waals surface area contributed by atoms with Gasteiger partial charge in [0.15, 0.2) is 5.13 Å². The van der Waals surface area contributed by atoms with E-state index in [1.165, 1.54) is 11.3 Å². The third-order valence-corrected chi connectivity index (χ3v) is 3.90. The topological polar surface area (TPSA) is 100 Å². The third kappa shape index (κ3) is 4.68. The van der Waals surface area contributed by atoms with Crippen molar-refractivity contribution in [2.24, 2.45) is 5.41 Å². The van der Waals surface area contributed by atoms with Gasteiger partial charge in [-0.1, -0.05) is 25.2 Å². The largest absolute Gasteiger partial charge is 0.396 e. The molecular weight excluding hydrogens is 264 g/mol. The Labute approximate surface area is 117 Å². The molecule has 0 aliphatic rings. The number of carbonyl (C=O) groups excluding carboxylic acids is 1. The van der Waals surface area contributed by atoms with Gasteiger partial charge in [-0.05, 0) is 18.3 Å². The minimum absolute atomic E-state index is 0.0519. The summed E-state index contributed by atoms with van der Waals surface area (Å²) in [6.07, 6.45) is 1.58. The molecule has 0 radical (unpaired) electrons. The van der Waals surface area contributed by atoms with Crippen molar-refractivity contribution in [3.63, 3.8) is 0 Å². The van der Waals surface area contributed by atoms with Gasteiger partial charge < -0.3 is 21.5 Å². The number of anilines is 2. The van der Waals surface area contributed by atoms with Gasteiger partial charge >= 0.3 is 0 Å². The van der Waals surface area contributed by atoms with E-state index in [0.29, 0.717) is 16.6 Å². The number of nitrogens with two attached hydrogens (primary N) is 1. The van der Waals surface area contributed by atoms with Gasteiger partial charge in [0.25, 0.3) is 5.91 Å². The zero-order valence-electron chi connectivity index (χ0n) is 11.6. The number of amides is 1. The second-order valence-corrected chi connectivity index (χ2v) is 6.16. The summed E-state index contributed by atoms with van der Waals surface area (Å²) in [6, 6.07) is 0. The second kappa shape index (κ2) is 6.72. The smallest absolute Gasteiger partial charge is 0.265 e. The van der Waals surface area contributed by atoms with Crippen molar-refractivity contribution in [1.29, 1.82) is 0 Å². The van der Waals surface area contributed by atoms with Crippen LogP contribution in [0.5, 0.6) is 0 Å². The zero-order chi connectivity index (χ0) is 14.5. The maximum absolute atomic E-state index is 12.0. The number of hydrogen-bond acceptors (Lipinski definition) is 6. The Bertz CT molecular complexity index is 431. The SMILES string of the molecule is CNc1nc(N)c(C(=O)NCC(C)(C)CCCO)s1. The molecule has 7 heteroatoms. The van der Waals surface area contributed by atoms with Gasteiger partial charge in [0, 0.05) is 20.2 Å². The van der Waals surface area contributed by atoms with Crippen LogP contribution in [0.2, 0.25) is 0 Å². The predicted molar refractivity (Wildman–Crippen MR) is 78.5 cm³/mol. The Morgan fingerprint density at radius 1 is 1.53 bits per heavy atom. The molecule has 0 atom stereocenters. The van der Waals surface area contributed by atoms with E-state index >= 15 is 0 Å². The van der Waals surface area contributed by atoms with E-state index in [0.717, 1.165) is 12.8 Å². The van der Waals surface area contributed by atoms with Crippen LogP contribution in [0.25, 0.3) is 0 Å². The Balaban J connectivity index is 2.57. The average Bonchev–Trinajstić information content (AvgIpc) is 2.75. The number of aliphatic hydroxyl groups excluding tert-OH is 1. The molecule has 1 aromatic rings. The Morgan fingerprint density at radius 3 is 2.74 bits per heavy atom. The number of nitrogens with one attached hydrogen (secondary N) is 2. The predicted octanol–water partition coefficient (Wildman–Crippen LogP) is 1.30. The van der Waals surface area contributed by atoms with Gasteiger partial charge in [0.1, 0.15) is 10.7 Å². The van der Waals surface area contributed by atoms with E-state index in [-0.39, 0.29) is 23.7 Å². The summed E-state index contributed by atoms with van der Waals surface area (Å²) in [5.74, 6) is 0.0496. The van der Waals surface area contributed by atoms with Gasteiger partial charge in [-0.2, -0.15) is 0 Å². The zero-order valence-corrected chi connectivity index (χ0v) is 12.4. The van der Waals surface area contributed by atoms with Crippen LogP contribution in [0.1, 0.15) is 36.4 Å². The molecule has 1 amide bonds. The first-order valence-corrected chi connectivity index (χ1v) is 7.04. The summed E-state index contributed by atoms with van der Waals surface area (Å²) >= 11 is 1.24. The Hall–Kier alpha value is -1.34. The molecule has 0 aliphatic carbocycles. The lowest BCUT2D eigenvalue weighted by atomic mass is 9.88. The van der Waals surface area contributed by atoms with Crippen molar-refractivity contribution in [1.82, 2.24) is 10.3 Å². The van der Waals surface area contributed by atoms with Gasteiger partial charge in [0.05, 0.1) is 0 Å². The van der Waals surface area contributed by atoms with Gasteiger partial charge in [0.2, 0.25) is 0 Å². The van der Waals surface area contributed by atoms with E-state index in [9.17, 15) is 4.79 Å². The van der Waals surface area contributed by atoms with E-state index in [1.807, 2.05) is 0 Å². The summed E-state index contributed by atoms with van der Waals surface area (Å²) in [7, 11) is 1.73. The van der Waals surface area contributed by atoms with E-state index in [4.69, 9.17) is 10.8 Å². The summed E-state index contributed by atoms with van der Waals surface area (Å²) in [5, 5.41) is 15.2. The van der Waals surface area contributed by atoms with Crippen LogP contribution < -0.4 is 16.4 Å². The third-order valence-electron chi connectivity index (χ3n) is 2.81. The first-order valence-electron chi connectivity index (χ1n) is 6.23. The molecule has 0 saturated heterocycles. The van der Waals surface area contributed by atoms with Crippen molar-refractivity contribution in [2.45, 2.75) is 26.7 Å². The van der Waals surface area contributed by atoms with Gasteiger partial charge in [-0.25, -0.2) is 4.98 Å². The summed E-state index contributed by atoms with van der Waals surface area (Å²) < 4.78 is 0. The molecule has 0 aliphatic heterocycles. The minimum Gasteiger partial charge on any atom is -0.396 e. The number of rotatable bonds is 7. The van der Waals surface area contributed by atoms with Gasteiger partial charge in [-0.3, -0.25) is 4.79 Å². The molecule has 0 bridgehead atoms. The van der Waals surface area contributed by atoms with Crippen molar-refractivity contribution in [2.75, 3.05) is 31.2 Å². The fraction of sp³-hybridized carbons (Fsp3) is 0.667. The lowest BCUT2D eigenvalue weighted by Gasteiger charge is -2.24. The van der Waals surface area contributed by atoms with Crippen LogP contribution in [0.15, 0.2) is 0 Å². The highest BCUT2D eigenvalue weighted by Crippen LogP contribution is 2.25. The number of aliphatic hydroxyl groups is 1. The van der Waals surface area contributed by atoms with Crippen molar-refractivity contribution in [3.05, 3.63) is 4.88 Å². The number of carbonyl (C=O) groups is 1. The highest BCUT2D eigenvalue weighted by molar-refractivity contribution is 7.18. The average molecular weight is 286 g/mol. The fourth-order valence-corrected chi connectivity index (χ4v) is 2.40. The molecule has 1 aromatic heterocycles. The van der Waals surface area contributed by atoms with Crippen molar-refractivity contribution in [3.8, 4) is 0 Å². The number of nitrogen functional groups attached to an aromatic ring is 1. The van der Waals surface area contributed by atoms with Crippen LogP contribution >= 0.6 is 11.3 Å². The molecular formula is C12H22N4O2S. The lowest BCUT2D eigenvalue weighted by molar-refractivity contribution is 0.0937. The highest BCUT2D eigenvalue weighted by atomic mass is 32.1. The number of thiazole rings is 1. The van der Waals surface area contributed by atoms with Crippen LogP contribution in [-0.2, 0) is 0 Å². The Kier molecular flexibility index (Phi) is 5.56. The molecule has 6 nitrogen and oxygen atoms in total. The quantitative estimate of drug-likeness (QED) is 0.605. The Morgan fingerprint density at radius 2 is 2.21 bits per heavy atom. The van der Waals surface area contributed by atoms with E-state index < -0.39 is 0 Å².